The Morgan fingerprint density at radius 2 is 2.36 bits per heavy atom. The molecule has 1 saturated heterocycles. The Morgan fingerprint density at radius 3 is 2.64 bits per heavy atom. The van der Waals surface area contributed by atoms with E-state index in [1.165, 1.54) is 0 Å². The van der Waals surface area contributed by atoms with Gasteiger partial charge in [0.2, 0.25) is 5.91 Å². The second-order valence-electron chi connectivity index (χ2n) is 3.47. The lowest BCUT2D eigenvalue weighted by atomic mass is 9.95. The maximum absolute atomic E-state index is 11.2. The molecule has 0 radical (unpaired) electrons. The van der Waals surface area contributed by atoms with Gasteiger partial charge in [0.15, 0.2) is 0 Å². The predicted octanol–water partition coefficient (Wildman–Crippen LogP) is 1.38. The molecular weight excluding hydrogens is 158 g/mol. The lowest BCUT2D eigenvalue weighted by molar-refractivity contribution is -0.126. The lowest BCUT2D eigenvalue weighted by Crippen LogP contribution is -2.23. The average molecular weight is 173 g/mol. The molecule has 0 saturated carbocycles. The summed E-state index contributed by atoms with van der Waals surface area (Å²) in [6.07, 6.45) is 0.720. The van der Waals surface area contributed by atoms with E-state index < -0.39 is 0 Å². The van der Waals surface area contributed by atoms with Crippen LogP contribution in [0.4, 0.5) is 0 Å². The van der Waals surface area contributed by atoms with Crippen LogP contribution in [0, 0.1) is 11.8 Å². The van der Waals surface area contributed by atoms with E-state index in [9.17, 15) is 4.79 Å². The first kappa shape index (κ1) is 8.91. The minimum atomic E-state index is 0.263. The molecule has 1 aliphatic heterocycles. The van der Waals surface area contributed by atoms with Crippen LogP contribution in [0.3, 0.4) is 0 Å². The summed E-state index contributed by atoms with van der Waals surface area (Å²) in [5, 5.41) is 0. The number of nitrogens with zero attached hydrogens (tertiary/aromatic N) is 1. The summed E-state index contributed by atoms with van der Waals surface area (Å²) in [7, 11) is 0. The Bertz CT molecular complexity index is 158. The Balaban J connectivity index is 2.49. The Hall–Kier alpha value is -0.180. The van der Waals surface area contributed by atoms with Gasteiger partial charge in [-0.1, -0.05) is 13.8 Å². The average Bonchev–Trinajstić information content (AvgIpc) is 2.31. The summed E-state index contributed by atoms with van der Waals surface area (Å²) in [6.45, 7) is 5.24. The number of rotatable bonds is 2. The van der Waals surface area contributed by atoms with Crippen LogP contribution >= 0.6 is 12.6 Å². The molecule has 3 heteroatoms. The summed E-state index contributed by atoms with van der Waals surface area (Å²) in [6, 6.07) is 0. The van der Waals surface area contributed by atoms with Gasteiger partial charge in [-0.3, -0.25) is 4.79 Å². The smallest absolute Gasteiger partial charge is 0.223 e. The largest absolute Gasteiger partial charge is 0.333 e. The molecule has 2 nitrogen and oxygen atoms in total. The molecule has 0 N–H and O–H groups in total. The van der Waals surface area contributed by atoms with Crippen molar-refractivity contribution in [2.45, 2.75) is 20.3 Å². The second kappa shape index (κ2) is 3.48. The molecule has 0 aromatic carbocycles. The van der Waals surface area contributed by atoms with Gasteiger partial charge in [0.05, 0.1) is 5.88 Å². The first-order chi connectivity index (χ1) is 5.15. The van der Waals surface area contributed by atoms with Crippen LogP contribution in [-0.2, 0) is 4.79 Å². The molecule has 1 amide bonds. The zero-order chi connectivity index (χ0) is 8.43. The van der Waals surface area contributed by atoms with Crippen molar-refractivity contribution in [1.82, 2.24) is 4.90 Å². The third kappa shape index (κ3) is 1.89. The van der Waals surface area contributed by atoms with Crippen LogP contribution in [-0.4, -0.2) is 23.2 Å². The monoisotopic (exact) mass is 173 g/mol. The second-order valence-corrected chi connectivity index (χ2v) is 3.75. The molecule has 1 heterocycles. The van der Waals surface area contributed by atoms with Crippen molar-refractivity contribution < 1.29 is 4.79 Å². The number of amides is 1. The van der Waals surface area contributed by atoms with Gasteiger partial charge in [-0.05, 0) is 11.8 Å². The maximum Gasteiger partial charge on any atom is 0.223 e. The maximum atomic E-state index is 11.2. The van der Waals surface area contributed by atoms with Gasteiger partial charge in [-0.15, -0.1) is 0 Å². The minimum Gasteiger partial charge on any atom is -0.333 e. The molecule has 64 valence electrons. The summed E-state index contributed by atoms with van der Waals surface area (Å²) < 4.78 is 0. The quantitative estimate of drug-likeness (QED) is 0.625. The van der Waals surface area contributed by atoms with Crippen LogP contribution in [0.15, 0.2) is 0 Å². The summed E-state index contributed by atoms with van der Waals surface area (Å²) >= 11 is 4.09. The van der Waals surface area contributed by atoms with Crippen LogP contribution in [0.5, 0.6) is 0 Å². The van der Waals surface area contributed by atoms with Gasteiger partial charge in [-0.25, -0.2) is 0 Å². The van der Waals surface area contributed by atoms with Crippen molar-refractivity contribution in [2.75, 3.05) is 12.4 Å². The van der Waals surface area contributed by atoms with E-state index in [2.05, 4.69) is 26.5 Å². The molecule has 1 fully saturated rings. The van der Waals surface area contributed by atoms with Crippen molar-refractivity contribution in [2.24, 2.45) is 11.8 Å². The molecule has 0 aliphatic carbocycles. The van der Waals surface area contributed by atoms with Crippen LogP contribution in [0.1, 0.15) is 20.3 Å². The highest BCUT2D eigenvalue weighted by Gasteiger charge is 2.30. The Morgan fingerprint density at radius 1 is 1.73 bits per heavy atom. The van der Waals surface area contributed by atoms with Crippen molar-refractivity contribution in [1.29, 1.82) is 0 Å². The summed E-state index contributed by atoms with van der Waals surface area (Å²) in [4.78, 5) is 13.0. The van der Waals surface area contributed by atoms with Crippen molar-refractivity contribution in [3.8, 4) is 0 Å². The summed E-state index contributed by atoms with van der Waals surface area (Å²) in [5.74, 6) is 2.00. The highest BCUT2D eigenvalue weighted by Crippen LogP contribution is 2.24. The van der Waals surface area contributed by atoms with Crippen molar-refractivity contribution >= 4 is 18.5 Å². The fourth-order valence-electron chi connectivity index (χ4n) is 1.39. The highest BCUT2D eigenvalue weighted by atomic mass is 32.1. The molecule has 0 aromatic heterocycles. The Labute approximate surface area is 73.4 Å². The molecule has 11 heavy (non-hydrogen) atoms. The van der Waals surface area contributed by atoms with E-state index in [1.54, 1.807) is 0 Å². The number of hydrogen-bond acceptors (Lipinski definition) is 2. The van der Waals surface area contributed by atoms with E-state index in [0.29, 0.717) is 17.7 Å². The van der Waals surface area contributed by atoms with Gasteiger partial charge >= 0.3 is 0 Å². The third-order valence-corrected chi connectivity index (χ3v) is 2.70. The lowest BCUT2D eigenvalue weighted by Gasteiger charge is -2.14. The van der Waals surface area contributed by atoms with Gasteiger partial charge in [0.1, 0.15) is 0 Å². The SMILES string of the molecule is CC(C)C1CC(=O)N(CS)C1. The molecule has 0 spiro atoms. The van der Waals surface area contributed by atoms with Crippen LogP contribution in [0.25, 0.3) is 0 Å². The molecule has 1 aliphatic rings. The van der Waals surface area contributed by atoms with E-state index in [4.69, 9.17) is 0 Å². The van der Waals surface area contributed by atoms with Crippen LogP contribution < -0.4 is 0 Å². The van der Waals surface area contributed by atoms with E-state index in [-0.39, 0.29) is 5.91 Å². The number of carbonyl (C=O) groups excluding carboxylic acids is 1. The first-order valence-corrected chi connectivity index (χ1v) is 4.67. The molecular formula is C8H15NOS. The zero-order valence-electron chi connectivity index (χ0n) is 7.08. The van der Waals surface area contributed by atoms with Gasteiger partial charge in [0.25, 0.3) is 0 Å². The number of thiol groups is 1. The van der Waals surface area contributed by atoms with Gasteiger partial charge < -0.3 is 4.90 Å². The highest BCUT2D eigenvalue weighted by molar-refractivity contribution is 7.80. The molecule has 0 aromatic rings. The van der Waals surface area contributed by atoms with E-state index in [0.717, 1.165) is 13.0 Å². The fourth-order valence-corrected chi connectivity index (χ4v) is 1.66. The molecule has 0 bridgehead atoms. The van der Waals surface area contributed by atoms with Crippen molar-refractivity contribution in [3.05, 3.63) is 0 Å². The standard InChI is InChI=1S/C8H15NOS/c1-6(2)7-3-8(10)9(4-7)5-11/h6-7,11H,3-5H2,1-2H3. The predicted molar refractivity (Wildman–Crippen MR) is 48.5 cm³/mol. The zero-order valence-corrected chi connectivity index (χ0v) is 7.97. The normalized spacial score (nSPS) is 25.3. The fraction of sp³-hybridized carbons (Fsp3) is 0.875. The van der Waals surface area contributed by atoms with E-state index in [1.807, 2.05) is 4.90 Å². The molecule has 1 unspecified atom stereocenters. The van der Waals surface area contributed by atoms with Crippen LogP contribution in [0.2, 0.25) is 0 Å². The third-order valence-electron chi connectivity index (χ3n) is 2.36. The van der Waals surface area contributed by atoms with E-state index >= 15 is 0 Å². The number of hydrogen-bond donors (Lipinski definition) is 1. The Kier molecular flexibility index (Phi) is 2.82. The summed E-state index contributed by atoms with van der Waals surface area (Å²) in [5.41, 5.74) is 0. The first-order valence-electron chi connectivity index (χ1n) is 4.03. The van der Waals surface area contributed by atoms with Gasteiger partial charge in [0, 0.05) is 13.0 Å². The van der Waals surface area contributed by atoms with Gasteiger partial charge in [-0.2, -0.15) is 12.6 Å². The topological polar surface area (TPSA) is 20.3 Å². The van der Waals surface area contributed by atoms with Crippen molar-refractivity contribution in [3.63, 3.8) is 0 Å². The molecule has 1 atom stereocenters. The number of carbonyl (C=O) groups is 1. The minimum absolute atomic E-state index is 0.263. The molecule has 1 rings (SSSR count). The number of likely N-dealkylation sites (tertiary alicyclic amines) is 1.